The van der Waals surface area contributed by atoms with E-state index in [0.717, 1.165) is 17.8 Å². The lowest BCUT2D eigenvalue weighted by Crippen LogP contribution is -2.20. The Hall–Kier alpha value is -0.420. The molecule has 1 heterocycles. The predicted octanol–water partition coefficient (Wildman–Crippen LogP) is 4.25. The second kappa shape index (κ2) is 7.24. The average molecular weight is 289 g/mol. The fourth-order valence-corrected chi connectivity index (χ4v) is 3.58. The van der Waals surface area contributed by atoms with E-state index in [2.05, 4.69) is 20.8 Å². The fraction of sp³-hybridized carbons (Fsp3) is 0.769. The number of unbranched alkanes of at least 4 members (excludes halogenated alkanes) is 4. The van der Waals surface area contributed by atoms with E-state index in [0.29, 0.717) is 0 Å². The van der Waals surface area contributed by atoms with Gasteiger partial charge in [-0.15, -0.1) is 0 Å². The van der Waals surface area contributed by atoms with Crippen LogP contribution in [0.5, 0.6) is 5.88 Å². The van der Waals surface area contributed by atoms with Crippen LogP contribution in [0.2, 0.25) is 0 Å². The minimum absolute atomic E-state index is 0.0193. The van der Waals surface area contributed by atoms with Crippen LogP contribution in [0, 0.1) is 0 Å². The van der Waals surface area contributed by atoms with Gasteiger partial charge in [-0.1, -0.05) is 50.4 Å². The highest BCUT2D eigenvalue weighted by Crippen LogP contribution is 2.33. The first-order valence-electron chi connectivity index (χ1n) is 6.55. The van der Waals surface area contributed by atoms with E-state index in [1.54, 1.807) is 0 Å². The Morgan fingerprint density at radius 3 is 2.56 bits per heavy atom. The Labute approximate surface area is 117 Å². The van der Waals surface area contributed by atoms with Gasteiger partial charge in [0.2, 0.25) is 5.88 Å². The maximum atomic E-state index is 11.5. The maximum absolute atomic E-state index is 11.5. The number of nitrogens with zero attached hydrogens (tertiary/aromatic N) is 1. The third-order valence-electron chi connectivity index (χ3n) is 2.86. The number of aromatic hydroxyl groups is 1. The number of hydrogen-bond donors (Lipinski definition) is 1. The molecule has 104 valence electrons. The topological polar surface area (TPSA) is 42.2 Å². The summed E-state index contributed by atoms with van der Waals surface area (Å²) in [6, 6.07) is 0. The van der Waals surface area contributed by atoms with Gasteiger partial charge in [0.25, 0.3) is 0 Å². The largest absolute Gasteiger partial charge is 0.493 e. The van der Waals surface area contributed by atoms with E-state index in [-0.39, 0.29) is 15.5 Å². The number of hydrogen-bond acceptors (Lipinski definition) is 4. The van der Waals surface area contributed by atoms with Crippen LogP contribution in [0.15, 0.2) is 10.2 Å². The average Bonchev–Trinajstić information content (AvgIpc) is 2.60. The van der Waals surface area contributed by atoms with Crippen molar-refractivity contribution in [3.63, 3.8) is 0 Å². The van der Waals surface area contributed by atoms with Gasteiger partial charge >= 0.3 is 4.87 Å². The number of aromatic nitrogens is 1. The van der Waals surface area contributed by atoms with Crippen LogP contribution in [0.4, 0.5) is 0 Å². The molecular formula is C13H23NO2S2. The third kappa shape index (κ3) is 5.06. The first kappa shape index (κ1) is 15.6. The molecule has 18 heavy (non-hydrogen) atoms. The zero-order chi connectivity index (χ0) is 13.6. The molecule has 0 unspecified atom stereocenters. The predicted molar refractivity (Wildman–Crippen MR) is 80.7 cm³/mol. The van der Waals surface area contributed by atoms with E-state index in [4.69, 9.17) is 0 Å². The number of thiazole rings is 1. The Balaban J connectivity index is 2.42. The van der Waals surface area contributed by atoms with Gasteiger partial charge in [0.15, 0.2) is 0 Å². The molecule has 1 rings (SSSR count). The van der Waals surface area contributed by atoms with E-state index in [1.165, 1.54) is 53.4 Å². The third-order valence-corrected chi connectivity index (χ3v) is 4.92. The van der Waals surface area contributed by atoms with Gasteiger partial charge in [0.1, 0.15) is 0 Å². The zero-order valence-corrected chi connectivity index (χ0v) is 13.1. The molecule has 0 radical (unpaired) electrons. The highest BCUT2D eigenvalue weighted by Gasteiger charge is 2.22. The normalized spacial score (nSPS) is 11.9. The molecule has 0 spiro atoms. The second-order valence-corrected chi connectivity index (χ2v) is 7.64. The van der Waals surface area contributed by atoms with Gasteiger partial charge < -0.3 is 5.11 Å². The Morgan fingerprint density at radius 2 is 2.00 bits per heavy atom. The quantitative estimate of drug-likeness (QED) is 0.727. The highest BCUT2D eigenvalue weighted by atomic mass is 32.2. The summed E-state index contributed by atoms with van der Waals surface area (Å²) in [6.45, 7) is 6.47. The Morgan fingerprint density at radius 1 is 1.33 bits per heavy atom. The van der Waals surface area contributed by atoms with Crippen molar-refractivity contribution in [2.45, 2.75) is 64.0 Å². The summed E-state index contributed by atoms with van der Waals surface area (Å²) in [7, 11) is 0. The monoisotopic (exact) mass is 289 g/mol. The summed E-state index contributed by atoms with van der Waals surface area (Å²) in [5.74, 6) is 0.0639. The molecule has 1 N–H and O–H groups in total. The molecule has 0 bridgehead atoms. The first-order valence-corrected chi connectivity index (χ1v) is 8.20. The van der Waals surface area contributed by atoms with Crippen LogP contribution in [-0.4, -0.2) is 13.8 Å². The van der Waals surface area contributed by atoms with Crippen LogP contribution in [-0.2, 0) is 0 Å². The zero-order valence-electron chi connectivity index (χ0n) is 11.4. The van der Waals surface area contributed by atoms with Gasteiger partial charge in [0, 0.05) is 4.75 Å². The molecule has 3 nitrogen and oxygen atoms in total. The van der Waals surface area contributed by atoms with E-state index in [1.807, 2.05) is 0 Å². The van der Waals surface area contributed by atoms with Crippen molar-refractivity contribution >= 4 is 23.3 Å². The van der Waals surface area contributed by atoms with Gasteiger partial charge in [-0.05, 0) is 32.2 Å². The van der Waals surface area contributed by atoms with Crippen LogP contribution >= 0.6 is 23.3 Å². The molecule has 0 aliphatic heterocycles. The highest BCUT2D eigenvalue weighted by molar-refractivity contribution is 7.99. The van der Waals surface area contributed by atoms with Crippen LogP contribution in [0.25, 0.3) is 0 Å². The van der Waals surface area contributed by atoms with E-state index in [9.17, 15) is 9.90 Å². The second-order valence-electron chi connectivity index (χ2n) is 5.17. The lowest BCUT2D eigenvalue weighted by atomic mass is 10.0. The van der Waals surface area contributed by atoms with Gasteiger partial charge in [-0.2, -0.15) is 0 Å². The molecule has 0 fully saturated rings. The van der Waals surface area contributed by atoms with Gasteiger partial charge in [-0.3, -0.25) is 4.79 Å². The Bertz CT molecular complexity index is 409. The van der Waals surface area contributed by atoms with Gasteiger partial charge in [-0.25, -0.2) is 3.97 Å². The summed E-state index contributed by atoms with van der Waals surface area (Å²) in [6.07, 6.45) is 7.35. The van der Waals surface area contributed by atoms with Crippen molar-refractivity contribution < 1.29 is 5.11 Å². The SMILES string of the molecule is CCCCCCCC(C)(C)Sn1c(O)csc1=O. The van der Waals surface area contributed by atoms with Crippen LogP contribution in [0.3, 0.4) is 0 Å². The van der Waals surface area contributed by atoms with Crippen molar-refractivity contribution in [2.24, 2.45) is 0 Å². The lowest BCUT2D eigenvalue weighted by Gasteiger charge is -2.23. The first-order chi connectivity index (χ1) is 8.46. The molecule has 5 heteroatoms. The van der Waals surface area contributed by atoms with Crippen molar-refractivity contribution in [3.8, 4) is 5.88 Å². The Kier molecular flexibility index (Phi) is 6.29. The fourth-order valence-electron chi connectivity index (χ4n) is 1.82. The molecule has 0 atom stereocenters. The molecule has 0 saturated carbocycles. The smallest absolute Gasteiger partial charge is 0.320 e. The van der Waals surface area contributed by atoms with Crippen LogP contribution in [0.1, 0.15) is 59.3 Å². The summed E-state index contributed by atoms with van der Waals surface area (Å²) in [5.41, 5.74) is 0. The number of rotatable bonds is 8. The maximum Gasteiger partial charge on any atom is 0.320 e. The van der Waals surface area contributed by atoms with Crippen molar-refractivity contribution in [3.05, 3.63) is 15.0 Å². The molecule has 0 amide bonds. The molecule has 0 saturated heterocycles. The van der Waals surface area contributed by atoms with Crippen LogP contribution < -0.4 is 4.87 Å². The summed E-state index contributed by atoms with van der Waals surface area (Å²) < 4.78 is 1.38. The molecule has 0 aliphatic rings. The summed E-state index contributed by atoms with van der Waals surface area (Å²) >= 11 is 2.48. The minimum Gasteiger partial charge on any atom is -0.493 e. The van der Waals surface area contributed by atoms with Crippen molar-refractivity contribution in [1.29, 1.82) is 0 Å². The molecule has 1 aromatic heterocycles. The minimum atomic E-state index is -0.100. The molecular weight excluding hydrogens is 266 g/mol. The lowest BCUT2D eigenvalue weighted by molar-refractivity contribution is 0.448. The van der Waals surface area contributed by atoms with E-state index < -0.39 is 0 Å². The molecule has 0 aliphatic carbocycles. The van der Waals surface area contributed by atoms with Crippen molar-refractivity contribution in [1.82, 2.24) is 3.97 Å². The van der Waals surface area contributed by atoms with Crippen molar-refractivity contribution in [2.75, 3.05) is 0 Å². The standard InChI is InChI=1S/C13H23NO2S2/c1-4-5-6-7-8-9-13(2,3)18-14-11(15)10-17-12(14)16/h10,15H,4-9H2,1-3H3. The van der Waals surface area contributed by atoms with Gasteiger partial charge in [0.05, 0.1) is 5.38 Å². The van der Waals surface area contributed by atoms with E-state index >= 15 is 0 Å². The summed E-state index contributed by atoms with van der Waals surface area (Å²) in [5, 5.41) is 11.1. The summed E-state index contributed by atoms with van der Waals surface area (Å²) in [4.78, 5) is 11.4. The molecule has 0 aromatic carbocycles. The molecule has 1 aromatic rings.